The topological polar surface area (TPSA) is 62.2 Å². The molecule has 0 aromatic rings. The average Bonchev–Trinajstić information content (AvgIpc) is 2.96. The summed E-state index contributed by atoms with van der Waals surface area (Å²) in [5, 5.41) is 19.4. The van der Waals surface area contributed by atoms with E-state index in [4.69, 9.17) is 19.9 Å². The molecule has 0 aliphatic rings. The van der Waals surface area contributed by atoms with Crippen molar-refractivity contribution in [1.29, 1.82) is 0 Å². The van der Waals surface area contributed by atoms with Crippen molar-refractivity contribution in [3.8, 4) is 0 Å². The van der Waals surface area contributed by atoms with Crippen LogP contribution in [0.15, 0.2) is 0 Å². The molecule has 0 aromatic heterocycles. The highest BCUT2D eigenvalue weighted by atomic mass is 16.9. The van der Waals surface area contributed by atoms with Crippen molar-refractivity contribution in [3.63, 3.8) is 0 Å². The summed E-state index contributed by atoms with van der Waals surface area (Å²) >= 11 is 0. The lowest BCUT2D eigenvalue weighted by atomic mass is 10.0. The van der Waals surface area contributed by atoms with Gasteiger partial charge in [-0.1, -0.05) is 179 Å². The zero-order valence-corrected chi connectivity index (χ0v) is 27.2. The first-order valence-electron chi connectivity index (χ1n) is 18.1. The standard InChI is InChI=1S/C35H73NO4/c1-2-3-4-5-6-7-8-9-10-11-12-13-14-15-16-17-18-19-20-21-22-23-24-25-26-27-28-31-36(39-34-29-32-37)40-35-30-33-38/h37-38H,2-35H2,1H3. The highest BCUT2D eigenvalue weighted by molar-refractivity contribution is 4.52. The van der Waals surface area contributed by atoms with E-state index >= 15 is 0 Å². The Morgan fingerprint density at radius 1 is 0.350 bits per heavy atom. The summed E-state index contributed by atoms with van der Waals surface area (Å²) in [5.74, 6) is 0. The van der Waals surface area contributed by atoms with Gasteiger partial charge >= 0.3 is 0 Å². The van der Waals surface area contributed by atoms with Crippen LogP contribution in [0.2, 0.25) is 0 Å². The van der Waals surface area contributed by atoms with Crippen LogP contribution in [0.3, 0.4) is 0 Å². The van der Waals surface area contributed by atoms with Gasteiger partial charge in [-0.05, 0) is 19.3 Å². The van der Waals surface area contributed by atoms with Crippen LogP contribution in [0.5, 0.6) is 0 Å². The van der Waals surface area contributed by atoms with Gasteiger partial charge in [0.05, 0.1) is 19.8 Å². The first-order chi connectivity index (χ1) is 19.8. The Labute approximate surface area is 251 Å². The summed E-state index contributed by atoms with van der Waals surface area (Å²) < 4.78 is 0. The summed E-state index contributed by atoms with van der Waals surface area (Å²) in [7, 11) is 0. The van der Waals surface area contributed by atoms with Gasteiger partial charge in [-0.2, -0.15) is 0 Å². The van der Waals surface area contributed by atoms with Crippen molar-refractivity contribution in [3.05, 3.63) is 0 Å². The fourth-order valence-electron chi connectivity index (χ4n) is 5.36. The Kier molecular flexibility index (Phi) is 36.6. The molecule has 0 aliphatic heterocycles. The third kappa shape index (κ3) is 34.0. The Morgan fingerprint density at radius 3 is 0.850 bits per heavy atom. The van der Waals surface area contributed by atoms with E-state index in [2.05, 4.69) is 6.92 Å². The molecule has 0 aromatic carbocycles. The lowest BCUT2D eigenvalue weighted by Crippen LogP contribution is -2.27. The number of aliphatic hydroxyl groups is 2. The average molecular weight is 572 g/mol. The van der Waals surface area contributed by atoms with E-state index in [0.717, 1.165) is 13.0 Å². The molecular formula is C35H73NO4. The summed E-state index contributed by atoms with van der Waals surface area (Å²) in [5.41, 5.74) is 0. The third-order valence-electron chi connectivity index (χ3n) is 8.02. The van der Waals surface area contributed by atoms with E-state index in [-0.39, 0.29) is 13.2 Å². The minimum absolute atomic E-state index is 0.129. The zero-order chi connectivity index (χ0) is 29.0. The van der Waals surface area contributed by atoms with Gasteiger partial charge in [0, 0.05) is 13.2 Å². The van der Waals surface area contributed by atoms with Crippen LogP contribution >= 0.6 is 0 Å². The van der Waals surface area contributed by atoms with E-state index in [9.17, 15) is 0 Å². The van der Waals surface area contributed by atoms with Gasteiger partial charge in [-0.25, -0.2) is 0 Å². The maximum atomic E-state index is 8.90. The predicted molar refractivity (Wildman–Crippen MR) is 172 cm³/mol. The van der Waals surface area contributed by atoms with Crippen molar-refractivity contribution < 1.29 is 19.9 Å². The summed E-state index contributed by atoms with van der Waals surface area (Å²) in [4.78, 5) is 11.1. The quantitative estimate of drug-likeness (QED) is 0.0578. The molecule has 5 heteroatoms. The number of hydrogen-bond donors (Lipinski definition) is 2. The second kappa shape index (κ2) is 36.8. The van der Waals surface area contributed by atoms with Crippen LogP contribution in [0.25, 0.3) is 0 Å². The van der Waals surface area contributed by atoms with Crippen LogP contribution < -0.4 is 0 Å². The van der Waals surface area contributed by atoms with Gasteiger partial charge in [0.1, 0.15) is 0 Å². The van der Waals surface area contributed by atoms with Crippen LogP contribution in [-0.2, 0) is 9.68 Å². The van der Waals surface area contributed by atoms with Crippen molar-refractivity contribution >= 4 is 0 Å². The maximum Gasteiger partial charge on any atom is 0.0733 e. The minimum Gasteiger partial charge on any atom is -0.396 e. The molecule has 0 bridgehead atoms. The maximum absolute atomic E-state index is 8.90. The van der Waals surface area contributed by atoms with E-state index < -0.39 is 0 Å². The van der Waals surface area contributed by atoms with Gasteiger partial charge in [0.15, 0.2) is 0 Å². The van der Waals surface area contributed by atoms with Crippen LogP contribution in [0.1, 0.15) is 193 Å². The number of unbranched alkanes of at least 4 members (excludes halogenated alkanes) is 26. The molecule has 0 amide bonds. The second-order valence-corrected chi connectivity index (χ2v) is 12.1. The monoisotopic (exact) mass is 572 g/mol. The summed E-state index contributed by atoms with van der Waals surface area (Å²) in [6.45, 7) is 4.24. The second-order valence-electron chi connectivity index (χ2n) is 12.1. The van der Waals surface area contributed by atoms with Gasteiger partial charge in [0.25, 0.3) is 0 Å². The van der Waals surface area contributed by atoms with Crippen molar-refractivity contribution in [2.45, 2.75) is 193 Å². The van der Waals surface area contributed by atoms with E-state index in [0.29, 0.717) is 26.1 Å². The lowest BCUT2D eigenvalue weighted by molar-refractivity contribution is -0.369. The number of aliphatic hydroxyl groups excluding tert-OH is 2. The molecule has 0 fully saturated rings. The van der Waals surface area contributed by atoms with Crippen LogP contribution in [-0.4, -0.2) is 48.4 Å². The molecule has 0 aliphatic carbocycles. The van der Waals surface area contributed by atoms with Crippen LogP contribution in [0.4, 0.5) is 0 Å². The normalized spacial score (nSPS) is 11.7. The molecule has 0 rings (SSSR count). The Balaban J connectivity index is 3.23. The molecule has 0 saturated carbocycles. The molecular weight excluding hydrogens is 498 g/mol. The smallest absolute Gasteiger partial charge is 0.0733 e. The molecule has 0 spiro atoms. The van der Waals surface area contributed by atoms with Crippen molar-refractivity contribution in [2.24, 2.45) is 0 Å². The molecule has 40 heavy (non-hydrogen) atoms. The predicted octanol–water partition coefficient (Wildman–Crippen LogP) is 10.5. The molecule has 0 saturated heterocycles. The van der Waals surface area contributed by atoms with E-state index in [1.54, 1.807) is 5.23 Å². The Bertz CT molecular complexity index is 428. The number of hydroxylamine groups is 2. The van der Waals surface area contributed by atoms with Gasteiger partial charge in [-0.15, -0.1) is 0 Å². The Hall–Kier alpha value is -0.200. The summed E-state index contributed by atoms with van der Waals surface area (Å²) in [6.07, 6.45) is 39.3. The highest BCUT2D eigenvalue weighted by Gasteiger charge is 2.06. The number of rotatable bonds is 36. The van der Waals surface area contributed by atoms with Gasteiger partial charge < -0.3 is 10.2 Å². The molecule has 5 nitrogen and oxygen atoms in total. The fourth-order valence-corrected chi connectivity index (χ4v) is 5.36. The van der Waals surface area contributed by atoms with Crippen molar-refractivity contribution in [2.75, 3.05) is 33.0 Å². The first-order valence-corrected chi connectivity index (χ1v) is 18.1. The molecule has 2 N–H and O–H groups in total. The number of nitrogens with zero attached hydrogens (tertiary/aromatic N) is 1. The van der Waals surface area contributed by atoms with E-state index in [1.165, 1.54) is 167 Å². The van der Waals surface area contributed by atoms with Crippen LogP contribution in [0, 0.1) is 0 Å². The van der Waals surface area contributed by atoms with Gasteiger partial charge in [0.2, 0.25) is 0 Å². The minimum atomic E-state index is 0.129. The molecule has 0 unspecified atom stereocenters. The molecule has 0 atom stereocenters. The number of hydrogen-bond acceptors (Lipinski definition) is 5. The Morgan fingerprint density at radius 2 is 0.600 bits per heavy atom. The first kappa shape index (κ1) is 39.8. The van der Waals surface area contributed by atoms with E-state index in [1.807, 2.05) is 0 Å². The van der Waals surface area contributed by atoms with Gasteiger partial charge in [-0.3, -0.25) is 9.68 Å². The lowest BCUT2D eigenvalue weighted by Gasteiger charge is -2.20. The summed E-state index contributed by atoms with van der Waals surface area (Å²) in [6, 6.07) is 0. The SMILES string of the molecule is CCCCCCCCCCCCCCCCCCCCCCCCCCCCCN(OCCCO)OCCCO. The largest absolute Gasteiger partial charge is 0.396 e. The molecule has 0 heterocycles. The molecule has 242 valence electrons. The fraction of sp³-hybridized carbons (Fsp3) is 1.00. The van der Waals surface area contributed by atoms with Crippen molar-refractivity contribution in [1.82, 2.24) is 5.23 Å². The molecule has 0 radical (unpaired) electrons. The zero-order valence-electron chi connectivity index (χ0n) is 27.2. The highest BCUT2D eigenvalue weighted by Crippen LogP contribution is 2.16. The third-order valence-corrected chi connectivity index (χ3v) is 8.02.